The SMILES string of the molecule is Cc1nccc(CNC(C)c2cccc(C#N)c2)n1. The smallest absolute Gasteiger partial charge is 0.125 e. The Balaban J connectivity index is 2.01. The number of rotatable bonds is 4. The van der Waals surface area contributed by atoms with Crippen LogP contribution < -0.4 is 5.32 Å². The first-order valence-corrected chi connectivity index (χ1v) is 6.21. The van der Waals surface area contributed by atoms with Crippen LogP contribution in [0.4, 0.5) is 0 Å². The molecule has 1 atom stereocenters. The predicted molar refractivity (Wildman–Crippen MR) is 73.2 cm³/mol. The molecule has 4 nitrogen and oxygen atoms in total. The van der Waals surface area contributed by atoms with Gasteiger partial charge in [-0.2, -0.15) is 5.26 Å². The molecule has 1 heterocycles. The molecule has 0 radical (unpaired) electrons. The Morgan fingerprint density at radius 3 is 2.95 bits per heavy atom. The van der Waals surface area contributed by atoms with E-state index in [-0.39, 0.29) is 6.04 Å². The first-order chi connectivity index (χ1) is 9.19. The van der Waals surface area contributed by atoms with Gasteiger partial charge in [-0.15, -0.1) is 0 Å². The van der Waals surface area contributed by atoms with Gasteiger partial charge < -0.3 is 5.32 Å². The van der Waals surface area contributed by atoms with E-state index in [9.17, 15) is 0 Å². The third-order valence-electron chi connectivity index (χ3n) is 2.94. The van der Waals surface area contributed by atoms with Crippen LogP contribution in [0.15, 0.2) is 36.5 Å². The summed E-state index contributed by atoms with van der Waals surface area (Å²) in [4.78, 5) is 8.42. The average molecular weight is 252 g/mol. The quantitative estimate of drug-likeness (QED) is 0.908. The van der Waals surface area contributed by atoms with Crippen LogP contribution in [-0.2, 0) is 6.54 Å². The summed E-state index contributed by atoms with van der Waals surface area (Å²) in [6.07, 6.45) is 1.76. The maximum Gasteiger partial charge on any atom is 0.125 e. The van der Waals surface area contributed by atoms with Gasteiger partial charge >= 0.3 is 0 Å². The molecule has 0 amide bonds. The van der Waals surface area contributed by atoms with E-state index in [0.717, 1.165) is 17.1 Å². The van der Waals surface area contributed by atoms with Crippen LogP contribution in [0.25, 0.3) is 0 Å². The van der Waals surface area contributed by atoms with Crippen molar-refractivity contribution in [3.05, 3.63) is 59.2 Å². The highest BCUT2D eigenvalue weighted by Gasteiger charge is 2.06. The van der Waals surface area contributed by atoms with Crippen LogP contribution in [0, 0.1) is 18.3 Å². The lowest BCUT2D eigenvalue weighted by Crippen LogP contribution is -2.19. The highest BCUT2D eigenvalue weighted by atomic mass is 14.9. The summed E-state index contributed by atoms with van der Waals surface area (Å²) in [6.45, 7) is 4.63. The van der Waals surface area contributed by atoms with E-state index in [1.807, 2.05) is 37.3 Å². The van der Waals surface area contributed by atoms with Gasteiger partial charge in [-0.1, -0.05) is 12.1 Å². The summed E-state index contributed by atoms with van der Waals surface area (Å²) in [5.74, 6) is 0.776. The summed E-state index contributed by atoms with van der Waals surface area (Å²) in [7, 11) is 0. The number of nitriles is 1. The zero-order chi connectivity index (χ0) is 13.7. The molecular weight excluding hydrogens is 236 g/mol. The van der Waals surface area contributed by atoms with Gasteiger partial charge in [0.05, 0.1) is 17.3 Å². The fraction of sp³-hybridized carbons (Fsp3) is 0.267. The first kappa shape index (κ1) is 13.2. The van der Waals surface area contributed by atoms with E-state index in [0.29, 0.717) is 12.1 Å². The summed E-state index contributed by atoms with van der Waals surface area (Å²) < 4.78 is 0. The van der Waals surface area contributed by atoms with Crippen molar-refractivity contribution < 1.29 is 0 Å². The van der Waals surface area contributed by atoms with Crippen molar-refractivity contribution in [2.45, 2.75) is 26.4 Å². The normalized spacial score (nSPS) is 11.8. The molecule has 1 N–H and O–H groups in total. The van der Waals surface area contributed by atoms with Gasteiger partial charge in [0.15, 0.2) is 0 Å². The Kier molecular flexibility index (Phi) is 4.22. The van der Waals surface area contributed by atoms with Crippen molar-refractivity contribution in [1.82, 2.24) is 15.3 Å². The molecule has 2 aromatic rings. The Bertz CT molecular complexity index is 601. The molecule has 0 aliphatic heterocycles. The van der Waals surface area contributed by atoms with Crippen molar-refractivity contribution in [2.24, 2.45) is 0 Å². The third kappa shape index (κ3) is 3.60. The van der Waals surface area contributed by atoms with Crippen molar-refractivity contribution in [3.8, 4) is 6.07 Å². The largest absolute Gasteiger partial charge is 0.305 e. The van der Waals surface area contributed by atoms with E-state index in [1.54, 1.807) is 6.20 Å². The first-order valence-electron chi connectivity index (χ1n) is 6.21. The molecule has 4 heteroatoms. The van der Waals surface area contributed by atoms with E-state index in [2.05, 4.69) is 28.3 Å². The highest BCUT2D eigenvalue weighted by Crippen LogP contribution is 2.14. The van der Waals surface area contributed by atoms with Crippen molar-refractivity contribution >= 4 is 0 Å². The minimum absolute atomic E-state index is 0.170. The van der Waals surface area contributed by atoms with Gasteiger partial charge in [-0.3, -0.25) is 0 Å². The Morgan fingerprint density at radius 2 is 2.21 bits per heavy atom. The fourth-order valence-corrected chi connectivity index (χ4v) is 1.86. The molecule has 0 bridgehead atoms. The molecule has 0 aliphatic carbocycles. The lowest BCUT2D eigenvalue weighted by Gasteiger charge is -2.14. The molecule has 0 saturated carbocycles. The molecule has 1 aromatic heterocycles. The zero-order valence-corrected chi connectivity index (χ0v) is 11.1. The number of nitrogens with zero attached hydrogens (tertiary/aromatic N) is 3. The molecule has 1 aromatic carbocycles. The highest BCUT2D eigenvalue weighted by molar-refractivity contribution is 5.34. The molecular formula is C15H16N4. The second kappa shape index (κ2) is 6.07. The van der Waals surface area contributed by atoms with Gasteiger partial charge in [-0.25, -0.2) is 9.97 Å². The van der Waals surface area contributed by atoms with E-state index in [4.69, 9.17) is 5.26 Å². The van der Waals surface area contributed by atoms with Gasteiger partial charge in [-0.05, 0) is 37.6 Å². The molecule has 0 spiro atoms. The van der Waals surface area contributed by atoms with Crippen LogP contribution in [0.3, 0.4) is 0 Å². The standard InChI is InChI=1S/C15H16N4/c1-11(14-5-3-4-13(8-14)9-16)18-10-15-6-7-17-12(2)19-15/h3-8,11,18H,10H2,1-2H3. The molecule has 2 rings (SSSR count). The number of benzene rings is 1. The van der Waals surface area contributed by atoms with Crippen LogP contribution in [0.2, 0.25) is 0 Å². The van der Waals surface area contributed by atoms with Crippen molar-refractivity contribution in [2.75, 3.05) is 0 Å². The van der Waals surface area contributed by atoms with Crippen LogP contribution in [-0.4, -0.2) is 9.97 Å². The number of aromatic nitrogens is 2. The van der Waals surface area contributed by atoms with E-state index >= 15 is 0 Å². The molecule has 1 unspecified atom stereocenters. The third-order valence-corrected chi connectivity index (χ3v) is 2.94. The Hall–Kier alpha value is -2.25. The maximum atomic E-state index is 8.89. The molecule has 0 saturated heterocycles. The number of hydrogen-bond acceptors (Lipinski definition) is 4. The molecule has 19 heavy (non-hydrogen) atoms. The van der Waals surface area contributed by atoms with Gasteiger partial charge in [0, 0.05) is 18.8 Å². The number of hydrogen-bond donors (Lipinski definition) is 1. The maximum absolute atomic E-state index is 8.89. The van der Waals surface area contributed by atoms with Crippen LogP contribution in [0.5, 0.6) is 0 Å². The summed E-state index contributed by atoms with van der Waals surface area (Å²) in [5.41, 5.74) is 2.75. The average Bonchev–Trinajstić information content (AvgIpc) is 2.45. The van der Waals surface area contributed by atoms with Crippen LogP contribution >= 0.6 is 0 Å². The second-order valence-corrected chi connectivity index (χ2v) is 4.44. The summed E-state index contributed by atoms with van der Waals surface area (Å²) in [5, 5.41) is 12.3. The Morgan fingerprint density at radius 1 is 1.37 bits per heavy atom. The Labute approximate surface area is 113 Å². The second-order valence-electron chi connectivity index (χ2n) is 4.44. The summed E-state index contributed by atoms with van der Waals surface area (Å²) in [6, 6.07) is 11.9. The van der Waals surface area contributed by atoms with Crippen LogP contribution in [0.1, 0.15) is 35.6 Å². The topological polar surface area (TPSA) is 61.6 Å². The molecule has 0 aliphatic rings. The van der Waals surface area contributed by atoms with Crippen molar-refractivity contribution in [1.29, 1.82) is 5.26 Å². The van der Waals surface area contributed by atoms with Gasteiger partial charge in [0.1, 0.15) is 5.82 Å². The minimum atomic E-state index is 0.170. The van der Waals surface area contributed by atoms with E-state index in [1.165, 1.54) is 0 Å². The lowest BCUT2D eigenvalue weighted by molar-refractivity contribution is 0.566. The number of nitrogens with one attached hydrogen (secondary N) is 1. The molecule has 96 valence electrons. The fourth-order valence-electron chi connectivity index (χ4n) is 1.86. The van der Waals surface area contributed by atoms with Gasteiger partial charge in [0.2, 0.25) is 0 Å². The summed E-state index contributed by atoms with van der Waals surface area (Å²) >= 11 is 0. The zero-order valence-electron chi connectivity index (χ0n) is 11.1. The predicted octanol–water partition coefficient (Wildman–Crippen LogP) is 2.51. The lowest BCUT2D eigenvalue weighted by atomic mass is 10.1. The monoisotopic (exact) mass is 252 g/mol. The van der Waals surface area contributed by atoms with Gasteiger partial charge in [0.25, 0.3) is 0 Å². The van der Waals surface area contributed by atoms with Crippen molar-refractivity contribution in [3.63, 3.8) is 0 Å². The number of aryl methyl sites for hydroxylation is 1. The minimum Gasteiger partial charge on any atom is -0.305 e. The molecule has 0 fully saturated rings. The van der Waals surface area contributed by atoms with E-state index < -0.39 is 0 Å².